The molecule has 1 saturated heterocycles. The predicted octanol–water partition coefficient (Wildman–Crippen LogP) is 3.47. The lowest BCUT2D eigenvalue weighted by molar-refractivity contribution is 0.102. The van der Waals surface area contributed by atoms with E-state index in [1.807, 2.05) is 0 Å². The van der Waals surface area contributed by atoms with Gasteiger partial charge in [0.15, 0.2) is 11.6 Å². The van der Waals surface area contributed by atoms with Gasteiger partial charge < -0.3 is 10.4 Å². The number of halogens is 3. The second-order valence-corrected chi connectivity index (χ2v) is 9.34. The van der Waals surface area contributed by atoms with E-state index in [0.29, 0.717) is 32.4 Å². The number of piperidine rings is 1. The summed E-state index contributed by atoms with van der Waals surface area (Å²) in [4.78, 5) is 12.5. The number of hydrogen-bond donors (Lipinski definition) is 2. The predicted molar refractivity (Wildman–Crippen MR) is 109 cm³/mol. The number of anilines is 1. The molecule has 0 unspecified atom stereocenters. The summed E-state index contributed by atoms with van der Waals surface area (Å²) >= 11 is 0. The molecule has 1 heterocycles. The van der Waals surface area contributed by atoms with Gasteiger partial charge in [0.25, 0.3) is 5.91 Å². The molecule has 1 aliphatic rings. The minimum atomic E-state index is -3.82. The Bertz CT molecular complexity index is 1050. The van der Waals surface area contributed by atoms with Crippen LogP contribution in [0.25, 0.3) is 0 Å². The first kappa shape index (κ1) is 23.2. The topological polar surface area (TPSA) is 86.7 Å². The number of aliphatic hydroxyl groups excluding tert-OH is 1. The molecule has 6 nitrogen and oxygen atoms in total. The Morgan fingerprint density at radius 1 is 1.16 bits per heavy atom. The highest BCUT2D eigenvalue weighted by atomic mass is 32.2. The molecular formula is C21H23F3N2O4S. The van der Waals surface area contributed by atoms with Crippen molar-refractivity contribution in [3.63, 3.8) is 0 Å². The van der Waals surface area contributed by atoms with Gasteiger partial charge in [0.05, 0.1) is 4.90 Å². The molecule has 2 aromatic rings. The number of amides is 1. The number of benzene rings is 2. The normalized spacial score (nSPS) is 15.7. The van der Waals surface area contributed by atoms with Crippen LogP contribution in [0.5, 0.6) is 0 Å². The van der Waals surface area contributed by atoms with Gasteiger partial charge in [0.2, 0.25) is 10.0 Å². The fourth-order valence-electron chi connectivity index (χ4n) is 3.59. The van der Waals surface area contributed by atoms with Crippen molar-refractivity contribution in [2.24, 2.45) is 5.92 Å². The standard InChI is InChI=1S/C21H23F3N2O4S/c22-13-16-10-17(12-19(23)20(16)24)25-21(28)15-2-1-3-18(11-15)31(29,30)26-7-4-14(5-8-26)6-9-27/h1-3,10-12,14,27H,4-9,13H2,(H,25,28). The molecule has 1 amide bonds. The molecule has 10 heteroatoms. The van der Waals surface area contributed by atoms with Crippen molar-refractivity contribution in [3.8, 4) is 0 Å². The molecule has 3 rings (SSSR count). The van der Waals surface area contributed by atoms with Gasteiger partial charge in [-0.1, -0.05) is 6.07 Å². The fraction of sp³-hybridized carbons (Fsp3) is 0.381. The summed E-state index contributed by atoms with van der Waals surface area (Å²) in [6.45, 7) is -0.525. The Balaban J connectivity index is 1.77. The van der Waals surface area contributed by atoms with Gasteiger partial charge in [-0.05, 0) is 49.4 Å². The van der Waals surface area contributed by atoms with Gasteiger partial charge in [0, 0.05) is 42.6 Å². The van der Waals surface area contributed by atoms with Crippen LogP contribution in [0.4, 0.5) is 18.9 Å². The van der Waals surface area contributed by atoms with E-state index in [2.05, 4.69) is 5.32 Å². The Hall–Kier alpha value is -2.43. The van der Waals surface area contributed by atoms with Crippen molar-refractivity contribution >= 4 is 21.6 Å². The van der Waals surface area contributed by atoms with Gasteiger partial charge in [0.1, 0.15) is 6.67 Å². The molecule has 0 aromatic heterocycles. The zero-order chi connectivity index (χ0) is 22.6. The number of hydrogen-bond acceptors (Lipinski definition) is 4. The highest BCUT2D eigenvalue weighted by Gasteiger charge is 2.29. The molecule has 0 radical (unpaired) electrons. The Kier molecular flexibility index (Phi) is 7.34. The van der Waals surface area contributed by atoms with Crippen molar-refractivity contribution in [3.05, 3.63) is 59.2 Å². The molecule has 1 aliphatic heterocycles. The number of nitrogens with one attached hydrogen (secondary N) is 1. The Morgan fingerprint density at radius 3 is 2.52 bits per heavy atom. The SMILES string of the molecule is O=C(Nc1cc(F)c(F)c(CF)c1)c1cccc(S(=O)(=O)N2CCC(CCO)CC2)c1. The summed E-state index contributed by atoms with van der Waals surface area (Å²) in [6, 6.07) is 7.10. The molecule has 0 bridgehead atoms. The second kappa shape index (κ2) is 9.80. The first-order chi connectivity index (χ1) is 14.8. The van der Waals surface area contributed by atoms with Crippen molar-refractivity contribution in [2.75, 3.05) is 25.0 Å². The van der Waals surface area contributed by atoms with Crippen molar-refractivity contribution in [1.29, 1.82) is 0 Å². The van der Waals surface area contributed by atoms with Crippen molar-refractivity contribution < 1.29 is 31.5 Å². The Morgan fingerprint density at radius 2 is 1.87 bits per heavy atom. The monoisotopic (exact) mass is 456 g/mol. The van der Waals surface area contributed by atoms with Crippen LogP contribution < -0.4 is 5.32 Å². The molecule has 0 spiro atoms. The summed E-state index contributed by atoms with van der Waals surface area (Å²) in [5.74, 6) is -3.09. The minimum absolute atomic E-state index is 0.00257. The highest BCUT2D eigenvalue weighted by Crippen LogP contribution is 2.26. The van der Waals surface area contributed by atoms with Crippen LogP contribution in [-0.2, 0) is 16.7 Å². The summed E-state index contributed by atoms with van der Waals surface area (Å²) in [5.41, 5.74) is -0.672. The van der Waals surface area contributed by atoms with E-state index in [1.165, 1.54) is 28.6 Å². The lowest BCUT2D eigenvalue weighted by Crippen LogP contribution is -2.38. The van der Waals surface area contributed by atoms with Crippen LogP contribution in [0, 0.1) is 17.6 Å². The van der Waals surface area contributed by atoms with Crippen LogP contribution in [0.1, 0.15) is 35.2 Å². The summed E-state index contributed by atoms with van der Waals surface area (Å²) in [5, 5.41) is 11.4. The third-order valence-corrected chi connectivity index (χ3v) is 7.24. The number of rotatable bonds is 7. The van der Waals surface area contributed by atoms with Crippen molar-refractivity contribution in [2.45, 2.75) is 30.8 Å². The molecule has 31 heavy (non-hydrogen) atoms. The number of nitrogens with zero attached hydrogens (tertiary/aromatic N) is 1. The largest absolute Gasteiger partial charge is 0.396 e. The van der Waals surface area contributed by atoms with E-state index in [4.69, 9.17) is 5.11 Å². The zero-order valence-corrected chi connectivity index (χ0v) is 17.5. The molecule has 168 valence electrons. The molecule has 2 aromatic carbocycles. The summed E-state index contributed by atoms with van der Waals surface area (Å²) < 4.78 is 67.2. The second-order valence-electron chi connectivity index (χ2n) is 7.41. The molecular weight excluding hydrogens is 433 g/mol. The maximum atomic E-state index is 13.6. The third-order valence-electron chi connectivity index (χ3n) is 5.35. The summed E-state index contributed by atoms with van der Waals surface area (Å²) in [7, 11) is -3.82. The zero-order valence-electron chi connectivity index (χ0n) is 16.7. The lowest BCUT2D eigenvalue weighted by Gasteiger charge is -2.31. The van der Waals surface area contributed by atoms with Crippen molar-refractivity contribution in [1.82, 2.24) is 4.31 Å². The highest BCUT2D eigenvalue weighted by molar-refractivity contribution is 7.89. The van der Waals surface area contributed by atoms with Gasteiger partial charge in [-0.25, -0.2) is 21.6 Å². The molecule has 0 aliphatic carbocycles. The number of sulfonamides is 1. The first-order valence-corrected chi connectivity index (χ1v) is 11.3. The van der Waals surface area contributed by atoms with Gasteiger partial charge in [-0.2, -0.15) is 4.31 Å². The van der Waals surface area contributed by atoms with Crippen LogP contribution in [0.2, 0.25) is 0 Å². The quantitative estimate of drug-likeness (QED) is 0.668. The number of alkyl halides is 1. The first-order valence-electron chi connectivity index (χ1n) is 9.82. The van der Waals surface area contributed by atoms with E-state index >= 15 is 0 Å². The van der Waals surface area contributed by atoms with Gasteiger partial charge in [-0.3, -0.25) is 4.79 Å². The third kappa shape index (κ3) is 5.25. The number of carbonyl (C=O) groups is 1. The van der Waals surface area contributed by atoms with E-state index in [1.54, 1.807) is 0 Å². The minimum Gasteiger partial charge on any atom is -0.396 e. The van der Waals surface area contributed by atoms with Gasteiger partial charge in [-0.15, -0.1) is 0 Å². The number of aliphatic hydroxyl groups is 1. The summed E-state index contributed by atoms with van der Waals surface area (Å²) in [6.07, 6.45) is 1.93. The lowest BCUT2D eigenvalue weighted by atomic mass is 9.95. The maximum Gasteiger partial charge on any atom is 0.255 e. The molecule has 0 saturated carbocycles. The van der Waals surface area contributed by atoms with Crippen LogP contribution in [-0.4, -0.2) is 43.4 Å². The average Bonchev–Trinajstić information content (AvgIpc) is 2.76. The van der Waals surface area contributed by atoms with Crippen LogP contribution in [0.15, 0.2) is 41.3 Å². The molecule has 1 fully saturated rings. The van der Waals surface area contributed by atoms with E-state index in [0.717, 1.165) is 12.1 Å². The van der Waals surface area contributed by atoms with E-state index in [-0.39, 0.29) is 28.7 Å². The fourth-order valence-corrected chi connectivity index (χ4v) is 5.10. The maximum absolute atomic E-state index is 13.6. The van der Waals surface area contributed by atoms with Gasteiger partial charge >= 0.3 is 0 Å². The Labute approximate surface area is 178 Å². The smallest absolute Gasteiger partial charge is 0.255 e. The van der Waals surface area contributed by atoms with E-state index in [9.17, 15) is 26.4 Å². The van der Waals surface area contributed by atoms with E-state index < -0.39 is 39.8 Å². The molecule has 0 atom stereocenters. The molecule has 2 N–H and O–H groups in total. The van der Waals surface area contributed by atoms with Crippen LogP contribution >= 0.6 is 0 Å². The van der Waals surface area contributed by atoms with Crippen LogP contribution in [0.3, 0.4) is 0 Å². The number of carbonyl (C=O) groups excluding carboxylic acids is 1. The average molecular weight is 456 g/mol.